The van der Waals surface area contributed by atoms with Crippen LogP contribution in [0.5, 0.6) is 11.5 Å². The van der Waals surface area contributed by atoms with Crippen LogP contribution >= 0.6 is 0 Å². The highest BCUT2D eigenvalue weighted by Gasteiger charge is 2.24. The zero-order valence-electron chi connectivity index (χ0n) is 19.5. The molecule has 4 nitrogen and oxygen atoms in total. The maximum Gasteiger partial charge on any atom is 0.119 e. The number of benzene rings is 2. The third-order valence-electron chi connectivity index (χ3n) is 6.34. The summed E-state index contributed by atoms with van der Waals surface area (Å²) in [4.78, 5) is 0. The minimum absolute atomic E-state index is 0.284. The first-order valence-electron chi connectivity index (χ1n) is 12.5. The van der Waals surface area contributed by atoms with Crippen LogP contribution in [0.3, 0.4) is 0 Å². The van der Waals surface area contributed by atoms with Crippen molar-refractivity contribution in [3.05, 3.63) is 59.7 Å². The summed E-state index contributed by atoms with van der Waals surface area (Å²) in [5.41, 5.74) is 2.71. The Balaban J connectivity index is 1.35. The van der Waals surface area contributed by atoms with Crippen LogP contribution in [0, 0.1) is 0 Å². The van der Waals surface area contributed by atoms with Gasteiger partial charge in [0.2, 0.25) is 0 Å². The molecule has 0 radical (unpaired) electrons. The Hall–Kier alpha value is -2.04. The monoisotopic (exact) mass is 438 g/mol. The third kappa shape index (κ3) is 7.83. The smallest absolute Gasteiger partial charge is 0.119 e. The summed E-state index contributed by atoms with van der Waals surface area (Å²) in [6.45, 7) is 5.22. The second-order valence-corrected chi connectivity index (χ2v) is 9.13. The molecule has 174 valence electrons. The number of hydrogen-bond acceptors (Lipinski definition) is 4. The summed E-state index contributed by atoms with van der Waals surface area (Å²) in [5, 5.41) is 0. The number of epoxide rings is 2. The molecule has 2 aliphatic rings. The van der Waals surface area contributed by atoms with Crippen LogP contribution in [0.25, 0.3) is 0 Å². The van der Waals surface area contributed by atoms with Gasteiger partial charge in [-0.25, -0.2) is 0 Å². The van der Waals surface area contributed by atoms with Gasteiger partial charge >= 0.3 is 0 Å². The predicted octanol–water partition coefficient (Wildman–Crippen LogP) is 6.51. The number of hydrogen-bond donors (Lipinski definition) is 0. The molecule has 32 heavy (non-hydrogen) atoms. The van der Waals surface area contributed by atoms with E-state index < -0.39 is 0 Å². The lowest BCUT2D eigenvalue weighted by atomic mass is 9.86. The Morgan fingerprint density at radius 2 is 1.12 bits per heavy atom. The van der Waals surface area contributed by atoms with Gasteiger partial charge in [0, 0.05) is 5.92 Å². The summed E-state index contributed by atoms with van der Waals surface area (Å²) in [6, 6.07) is 17.3. The van der Waals surface area contributed by atoms with E-state index in [0.717, 1.165) is 24.7 Å². The Kier molecular flexibility index (Phi) is 8.87. The largest absolute Gasteiger partial charge is 0.491 e. The fraction of sp³-hybridized carbons (Fsp3) is 0.571. The summed E-state index contributed by atoms with van der Waals surface area (Å²) in [7, 11) is 0. The average Bonchev–Trinajstić information content (AvgIpc) is 3.75. The van der Waals surface area contributed by atoms with Gasteiger partial charge in [0.05, 0.1) is 13.2 Å². The standard InChI is InChI=1S/C28H38O4/c1-2-3-4-5-6-7-8-9-28(22-10-14-24(15-11-22)29-18-26-20-31-26)23-12-16-25(17-13-23)30-19-27-21-32-27/h10-17,26-28H,2-9,18-21H2,1H3. The zero-order valence-corrected chi connectivity index (χ0v) is 19.5. The van der Waals surface area contributed by atoms with E-state index in [-0.39, 0.29) is 12.2 Å². The van der Waals surface area contributed by atoms with Gasteiger partial charge in [0.1, 0.15) is 36.9 Å². The van der Waals surface area contributed by atoms with Crippen molar-refractivity contribution in [1.29, 1.82) is 0 Å². The first-order valence-corrected chi connectivity index (χ1v) is 12.5. The molecule has 2 aromatic rings. The fourth-order valence-corrected chi connectivity index (χ4v) is 4.13. The highest BCUT2D eigenvalue weighted by atomic mass is 16.6. The third-order valence-corrected chi connectivity index (χ3v) is 6.34. The second kappa shape index (κ2) is 12.3. The molecule has 0 amide bonds. The molecule has 0 spiro atoms. The average molecular weight is 439 g/mol. The van der Waals surface area contributed by atoms with Crippen LogP contribution < -0.4 is 9.47 Å². The number of rotatable bonds is 16. The molecule has 0 bridgehead atoms. The second-order valence-electron chi connectivity index (χ2n) is 9.13. The predicted molar refractivity (Wildman–Crippen MR) is 128 cm³/mol. The highest BCUT2D eigenvalue weighted by molar-refractivity contribution is 5.38. The molecule has 0 aromatic heterocycles. The SMILES string of the molecule is CCCCCCCCCC(c1ccc(OCC2CO2)cc1)c1ccc(OCC2CO2)cc1. The lowest BCUT2D eigenvalue weighted by molar-refractivity contribution is 0.263. The Morgan fingerprint density at radius 3 is 1.56 bits per heavy atom. The molecule has 2 aromatic carbocycles. The van der Waals surface area contributed by atoms with Crippen molar-refractivity contribution in [2.24, 2.45) is 0 Å². The van der Waals surface area contributed by atoms with E-state index >= 15 is 0 Å². The normalized spacial score (nSPS) is 20.0. The first-order chi connectivity index (χ1) is 15.8. The molecule has 0 N–H and O–H groups in total. The van der Waals surface area contributed by atoms with Gasteiger partial charge in [0.15, 0.2) is 0 Å². The van der Waals surface area contributed by atoms with Gasteiger partial charge in [-0.15, -0.1) is 0 Å². The summed E-state index contributed by atoms with van der Waals surface area (Å²) in [6.07, 6.45) is 11.1. The minimum atomic E-state index is 0.284. The summed E-state index contributed by atoms with van der Waals surface area (Å²) >= 11 is 0. The fourth-order valence-electron chi connectivity index (χ4n) is 4.13. The lowest BCUT2D eigenvalue weighted by Gasteiger charge is -2.19. The van der Waals surface area contributed by atoms with E-state index in [1.807, 2.05) is 0 Å². The van der Waals surface area contributed by atoms with Gasteiger partial charge in [-0.1, -0.05) is 76.1 Å². The van der Waals surface area contributed by atoms with E-state index in [2.05, 4.69) is 55.5 Å². The van der Waals surface area contributed by atoms with Gasteiger partial charge in [0.25, 0.3) is 0 Å². The van der Waals surface area contributed by atoms with Crippen molar-refractivity contribution in [1.82, 2.24) is 0 Å². The molecular weight excluding hydrogens is 400 g/mol. The van der Waals surface area contributed by atoms with E-state index in [4.69, 9.17) is 18.9 Å². The maximum absolute atomic E-state index is 5.83. The molecule has 2 aliphatic heterocycles. The van der Waals surface area contributed by atoms with Crippen molar-refractivity contribution in [3.8, 4) is 11.5 Å². The lowest BCUT2D eigenvalue weighted by Crippen LogP contribution is -2.06. The number of unbranched alkanes of at least 4 members (excludes halogenated alkanes) is 6. The first kappa shape index (κ1) is 23.1. The van der Waals surface area contributed by atoms with Crippen LogP contribution in [0.1, 0.15) is 75.3 Å². The van der Waals surface area contributed by atoms with E-state index in [9.17, 15) is 0 Å². The maximum atomic E-state index is 5.83. The van der Waals surface area contributed by atoms with Gasteiger partial charge in [-0.05, 0) is 41.8 Å². The summed E-state index contributed by atoms with van der Waals surface area (Å²) in [5.74, 6) is 2.24. The van der Waals surface area contributed by atoms with Crippen LogP contribution in [-0.2, 0) is 9.47 Å². The molecule has 2 atom stereocenters. The van der Waals surface area contributed by atoms with Crippen molar-refractivity contribution in [2.45, 2.75) is 76.4 Å². The molecular formula is C28H38O4. The van der Waals surface area contributed by atoms with Crippen LogP contribution in [0.2, 0.25) is 0 Å². The highest BCUT2D eigenvalue weighted by Crippen LogP contribution is 2.32. The molecule has 2 saturated heterocycles. The minimum Gasteiger partial charge on any atom is -0.491 e. The quantitative estimate of drug-likeness (QED) is 0.221. The van der Waals surface area contributed by atoms with Crippen LogP contribution in [-0.4, -0.2) is 38.6 Å². The van der Waals surface area contributed by atoms with E-state index in [0.29, 0.717) is 19.1 Å². The molecule has 4 rings (SSSR count). The van der Waals surface area contributed by atoms with E-state index in [1.54, 1.807) is 0 Å². The molecule has 0 aliphatic carbocycles. The molecule has 0 saturated carbocycles. The van der Waals surface area contributed by atoms with Crippen molar-refractivity contribution in [3.63, 3.8) is 0 Å². The van der Waals surface area contributed by atoms with Crippen molar-refractivity contribution in [2.75, 3.05) is 26.4 Å². The Morgan fingerprint density at radius 1 is 0.688 bits per heavy atom. The Labute approximate surface area is 193 Å². The molecule has 4 heteroatoms. The van der Waals surface area contributed by atoms with Gasteiger partial charge in [-0.3, -0.25) is 0 Å². The topological polar surface area (TPSA) is 43.5 Å². The zero-order chi connectivity index (χ0) is 22.0. The summed E-state index contributed by atoms with van der Waals surface area (Å²) < 4.78 is 22.1. The molecule has 2 heterocycles. The number of ether oxygens (including phenoxy) is 4. The van der Waals surface area contributed by atoms with Crippen LogP contribution in [0.4, 0.5) is 0 Å². The molecule has 2 fully saturated rings. The van der Waals surface area contributed by atoms with Crippen LogP contribution in [0.15, 0.2) is 48.5 Å². The van der Waals surface area contributed by atoms with Gasteiger partial charge in [-0.2, -0.15) is 0 Å². The van der Waals surface area contributed by atoms with E-state index in [1.165, 1.54) is 62.5 Å². The van der Waals surface area contributed by atoms with Gasteiger partial charge < -0.3 is 18.9 Å². The molecule has 2 unspecified atom stereocenters. The van der Waals surface area contributed by atoms with Crippen molar-refractivity contribution < 1.29 is 18.9 Å². The Bertz CT molecular complexity index is 719. The van der Waals surface area contributed by atoms with Crippen molar-refractivity contribution >= 4 is 0 Å².